The predicted octanol–water partition coefficient (Wildman–Crippen LogP) is 0.799. The number of imidazole rings is 1. The van der Waals surface area contributed by atoms with Gasteiger partial charge in [-0.2, -0.15) is 0 Å². The third-order valence-corrected chi connectivity index (χ3v) is 1.81. The maximum absolute atomic E-state index is 10.3. The first-order valence-corrected chi connectivity index (χ1v) is 4.31. The summed E-state index contributed by atoms with van der Waals surface area (Å²) >= 11 is 0. The van der Waals surface area contributed by atoms with Crippen molar-refractivity contribution in [1.29, 1.82) is 0 Å². The second kappa shape index (κ2) is 5.11. The van der Waals surface area contributed by atoms with E-state index in [9.17, 15) is 10.1 Å². The summed E-state index contributed by atoms with van der Waals surface area (Å²) in [5, 5.41) is 10.3. The molecule has 1 heterocycles. The molecule has 1 aromatic heterocycles. The summed E-state index contributed by atoms with van der Waals surface area (Å²) in [6, 6.07) is 0. The van der Waals surface area contributed by atoms with Crippen molar-refractivity contribution in [3.05, 3.63) is 35.5 Å². The number of nitro groups is 1. The molecule has 0 radical (unpaired) electrons. The van der Waals surface area contributed by atoms with Gasteiger partial charge in [0.2, 0.25) is 6.33 Å². The average Bonchev–Trinajstić information content (AvgIpc) is 2.66. The Morgan fingerprint density at radius 1 is 1.87 bits per heavy atom. The van der Waals surface area contributed by atoms with Crippen molar-refractivity contribution in [1.82, 2.24) is 9.55 Å². The van der Waals surface area contributed by atoms with Gasteiger partial charge in [0.05, 0.1) is 19.0 Å². The number of ether oxygens (including phenoxy) is 1. The summed E-state index contributed by atoms with van der Waals surface area (Å²) in [4.78, 5) is 13.4. The molecule has 1 rings (SSSR count). The molecule has 0 aliphatic rings. The first-order chi connectivity index (χ1) is 7.15. The quantitative estimate of drug-likeness (QED) is 0.325. The molecule has 1 aromatic rings. The average molecular weight is 212 g/mol. The number of nitrogens with zero attached hydrogens (tertiary/aromatic N) is 3. The molecule has 0 aliphatic heterocycles. The summed E-state index contributed by atoms with van der Waals surface area (Å²) in [5.74, 6) is -0.213. The fraction of sp³-hybridized carbons (Fsp3) is 0.375. The van der Waals surface area contributed by atoms with Gasteiger partial charge >= 0.3 is 5.82 Å². The number of rotatable bonds is 6. The molecule has 15 heavy (non-hydrogen) atoms. The van der Waals surface area contributed by atoms with Crippen molar-refractivity contribution in [2.75, 3.05) is 6.61 Å². The lowest BCUT2D eigenvalue weighted by Crippen LogP contribution is -2.18. The fourth-order valence-corrected chi connectivity index (χ4v) is 1.02. The lowest BCUT2D eigenvalue weighted by Gasteiger charge is -2.10. The van der Waals surface area contributed by atoms with E-state index in [-0.39, 0.29) is 12.0 Å². The maximum Gasteiger partial charge on any atom is 0.381 e. The summed E-state index contributed by atoms with van der Waals surface area (Å²) in [6.45, 7) is 3.80. The van der Waals surface area contributed by atoms with Crippen molar-refractivity contribution in [2.24, 2.45) is 5.73 Å². The molecule has 1 unspecified atom stereocenters. The lowest BCUT2D eigenvalue weighted by atomic mass is 10.3. The van der Waals surface area contributed by atoms with E-state index < -0.39 is 4.92 Å². The third kappa shape index (κ3) is 3.06. The Morgan fingerprint density at radius 3 is 3.13 bits per heavy atom. The molecular weight excluding hydrogens is 200 g/mol. The SMILES string of the molecule is C=COCCC(N)n1cnc([N+](=O)[O-])c1. The Labute approximate surface area is 86.3 Å². The molecule has 0 fully saturated rings. The van der Waals surface area contributed by atoms with E-state index in [0.717, 1.165) is 0 Å². The fourth-order valence-electron chi connectivity index (χ4n) is 1.02. The molecule has 0 spiro atoms. The summed E-state index contributed by atoms with van der Waals surface area (Å²) in [5.41, 5.74) is 5.74. The number of hydrogen-bond acceptors (Lipinski definition) is 5. The minimum atomic E-state index is -0.566. The summed E-state index contributed by atoms with van der Waals surface area (Å²) in [6.07, 6.45) is 4.09. The van der Waals surface area contributed by atoms with Gasteiger partial charge in [-0.05, 0) is 9.91 Å². The number of hydrogen-bond donors (Lipinski definition) is 1. The van der Waals surface area contributed by atoms with E-state index in [4.69, 9.17) is 10.5 Å². The van der Waals surface area contributed by atoms with Crippen LogP contribution in [-0.2, 0) is 4.74 Å². The van der Waals surface area contributed by atoms with Gasteiger partial charge in [0.15, 0.2) is 0 Å². The molecule has 7 nitrogen and oxygen atoms in total. The minimum absolute atomic E-state index is 0.213. The van der Waals surface area contributed by atoms with Crippen LogP contribution in [0.25, 0.3) is 0 Å². The molecule has 0 aromatic carbocycles. The molecule has 7 heteroatoms. The molecule has 82 valence electrons. The maximum atomic E-state index is 10.3. The van der Waals surface area contributed by atoms with Crippen LogP contribution in [0.1, 0.15) is 12.6 Å². The van der Waals surface area contributed by atoms with E-state index in [1.807, 2.05) is 0 Å². The highest BCUT2D eigenvalue weighted by molar-refractivity contribution is 5.12. The van der Waals surface area contributed by atoms with E-state index in [0.29, 0.717) is 13.0 Å². The van der Waals surface area contributed by atoms with Crippen LogP contribution in [0.5, 0.6) is 0 Å². The zero-order valence-corrected chi connectivity index (χ0v) is 8.07. The van der Waals surface area contributed by atoms with Crippen molar-refractivity contribution >= 4 is 5.82 Å². The minimum Gasteiger partial charge on any atom is -0.502 e. The Bertz CT molecular complexity index is 349. The summed E-state index contributed by atoms with van der Waals surface area (Å²) < 4.78 is 6.37. The molecule has 0 bridgehead atoms. The first kappa shape index (κ1) is 11.2. The highest BCUT2D eigenvalue weighted by Crippen LogP contribution is 2.11. The highest BCUT2D eigenvalue weighted by Gasteiger charge is 2.13. The lowest BCUT2D eigenvalue weighted by molar-refractivity contribution is -0.389. The van der Waals surface area contributed by atoms with Crippen molar-refractivity contribution in [3.63, 3.8) is 0 Å². The van der Waals surface area contributed by atoms with Gasteiger partial charge in [-0.3, -0.25) is 4.57 Å². The van der Waals surface area contributed by atoms with Gasteiger partial charge in [-0.25, -0.2) is 0 Å². The summed E-state index contributed by atoms with van der Waals surface area (Å²) in [7, 11) is 0. The number of nitrogens with two attached hydrogens (primary N) is 1. The Hall–Kier alpha value is -1.89. The number of aromatic nitrogens is 2. The molecule has 2 N–H and O–H groups in total. The Morgan fingerprint density at radius 2 is 2.60 bits per heavy atom. The van der Waals surface area contributed by atoms with Crippen LogP contribution in [-0.4, -0.2) is 21.1 Å². The van der Waals surface area contributed by atoms with Crippen molar-refractivity contribution < 1.29 is 9.66 Å². The van der Waals surface area contributed by atoms with Crippen LogP contribution in [0.15, 0.2) is 25.4 Å². The van der Waals surface area contributed by atoms with Gasteiger partial charge in [-0.15, -0.1) is 0 Å². The van der Waals surface area contributed by atoms with Crippen LogP contribution in [0.3, 0.4) is 0 Å². The Kier molecular flexibility index (Phi) is 3.81. The van der Waals surface area contributed by atoms with Gasteiger partial charge in [-0.1, -0.05) is 6.58 Å². The van der Waals surface area contributed by atoms with Crippen LogP contribution >= 0.6 is 0 Å². The Balaban J connectivity index is 2.53. The monoisotopic (exact) mass is 212 g/mol. The highest BCUT2D eigenvalue weighted by atomic mass is 16.6. The van der Waals surface area contributed by atoms with Crippen molar-refractivity contribution in [2.45, 2.75) is 12.6 Å². The normalized spacial score (nSPS) is 12.1. The zero-order valence-electron chi connectivity index (χ0n) is 8.07. The standard InChI is InChI=1S/C8H12N4O3/c1-2-15-4-3-7(9)11-5-8(10-6-11)12(13)14/h2,5-7H,1,3-4,9H2. The van der Waals surface area contributed by atoms with Crippen LogP contribution in [0.4, 0.5) is 5.82 Å². The van der Waals surface area contributed by atoms with E-state index in [1.165, 1.54) is 23.4 Å². The van der Waals surface area contributed by atoms with Gasteiger partial charge in [0.1, 0.15) is 6.20 Å². The zero-order chi connectivity index (χ0) is 11.3. The van der Waals surface area contributed by atoms with E-state index >= 15 is 0 Å². The second-order valence-electron chi connectivity index (χ2n) is 2.83. The third-order valence-electron chi connectivity index (χ3n) is 1.81. The first-order valence-electron chi connectivity index (χ1n) is 4.31. The molecule has 0 saturated carbocycles. The van der Waals surface area contributed by atoms with E-state index in [1.54, 1.807) is 0 Å². The van der Waals surface area contributed by atoms with Crippen LogP contribution in [0, 0.1) is 10.1 Å². The molecule has 0 amide bonds. The van der Waals surface area contributed by atoms with Crippen LogP contribution in [0.2, 0.25) is 0 Å². The van der Waals surface area contributed by atoms with Crippen molar-refractivity contribution in [3.8, 4) is 0 Å². The second-order valence-corrected chi connectivity index (χ2v) is 2.83. The van der Waals surface area contributed by atoms with E-state index in [2.05, 4.69) is 11.6 Å². The largest absolute Gasteiger partial charge is 0.502 e. The molecule has 0 aliphatic carbocycles. The molecule has 0 saturated heterocycles. The van der Waals surface area contributed by atoms with Gasteiger partial charge < -0.3 is 20.6 Å². The molecular formula is C8H12N4O3. The van der Waals surface area contributed by atoms with Gasteiger partial charge in [0.25, 0.3) is 0 Å². The van der Waals surface area contributed by atoms with Crippen LogP contribution < -0.4 is 5.73 Å². The molecule has 1 atom stereocenters. The smallest absolute Gasteiger partial charge is 0.381 e. The van der Waals surface area contributed by atoms with Gasteiger partial charge in [0, 0.05) is 6.42 Å². The predicted molar refractivity (Wildman–Crippen MR) is 52.9 cm³/mol. The topological polar surface area (TPSA) is 96.2 Å².